The van der Waals surface area contributed by atoms with Crippen molar-refractivity contribution >= 4 is 11.9 Å². The number of hydrogen-bond donors (Lipinski definition) is 2. The number of carbonyl (C=O) groups is 2. The summed E-state index contributed by atoms with van der Waals surface area (Å²) in [6, 6.07) is -0.156. The zero-order valence-electron chi connectivity index (χ0n) is 12.3. The smallest absolute Gasteiger partial charge is 0.320 e. The minimum absolute atomic E-state index is 0.141. The summed E-state index contributed by atoms with van der Waals surface area (Å²) >= 11 is 0. The molecule has 0 saturated carbocycles. The first-order valence-electron chi connectivity index (χ1n) is 7.49. The molecular weight excluding hydrogens is 258 g/mol. The third-order valence-electron chi connectivity index (χ3n) is 4.63. The van der Waals surface area contributed by atoms with E-state index in [1.165, 1.54) is 0 Å². The van der Waals surface area contributed by atoms with Gasteiger partial charge in [0.2, 0.25) is 5.91 Å². The monoisotopic (exact) mass is 283 g/mol. The second-order valence-corrected chi connectivity index (χ2v) is 5.80. The summed E-state index contributed by atoms with van der Waals surface area (Å²) < 4.78 is 0. The van der Waals surface area contributed by atoms with Crippen molar-refractivity contribution in [1.29, 1.82) is 0 Å². The minimum Gasteiger partial charge on any atom is -0.480 e. The van der Waals surface area contributed by atoms with Crippen LogP contribution in [0.1, 0.15) is 32.6 Å². The van der Waals surface area contributed by atoms with Crippen molar-refractivity contribution in [3.8, 4) is 0 Å². The van der Waals surface area contributed by atoms with Crippen LogP contribution < -0.4 is 5.32 Å². The highest BCUT2D eigenvalue weighted by Crippen LogP contribution is 2.26. The van der Waals surface area contributed by atoms with Crippen LogP contribution in [0.3, 0.4) is 0 Å². The van der Waals surface area contributed by atoms with Crippen molar-refractivity contribution in [3.63, 3.8) is 0 Å². The Bertz CT molecular complexity index is 367. The van der Waals surface area contributed by atoms with Crippen molar-refractivity contribution in [2.45, 2.75) is 50.7 Å². The second kappa shape index (κ2) is 6.54. The van der Waals surface area contributed by atoms with Crippen LogP contribution in [0, 0.1) is 0 Å². The fourth-order valence-corrected chi connectivity index (χ4v) is 3.31. The third kappa shape index (κ3) is 3.12. The van der Waals surface area contributed by atoms with Gasteiger partial charge in [0.05, 0.1) is 6.04 Å². The number of likely N-dealkylation sites (N-methyl/N-ethyl adjacent to an activating group) is 1. The molecule has 2 rings (SSSR count). The largest absolute Gasteiger partial charge is 0.480 e. The Morgan fingerprint density at radius 2 is 1.85 bits per heavy atom. The van der Waals surface area contributed by atoms with E-state index in [-0.39, 0.29) is 18.0 Å². The van der Waals surface area contributed by atoms with Crippen molar-refractivity contribution in [2.75, 3.05) is 26.7 Å². The van der Waals surface area contributed by atoms with E-state index in [0.717, 1.165) is 45.3 Å². The van der Waals surface area contributed by atoms with Gasteiger partial charge < -0.3 is 15.3 Å². The lowest BCUT2D eigenvalue weighted by molar-refractivity contribution is -0.144. The van der Waals surface area contributed by atoms with Crippen LogP contribution in [-0.2, 0) is 9.59 Å². The average Bonchev–Trinajstić information content (AvgIpc) is 2.95. The molecule has 0 aromatic rings. The Balaban J connectivity index is 1.88. The normalized spacial score (nSPS) is 26.7. The molecule has 2 atom stereocenters. The molecular formula is C14H25N3O3. The van der Waals surface area contributed by atoms with E-state index in [1.54, 1.807) is 7.05 Å². The van der Waals surface area contributed by atoms with Gasteiger partial charge in [-0.3, -0.25) is 14.5 Å². The molecule has 6 heteroatoms. The molecule has 0 radical (unpaired) electrons. The van der Waals surface area contributed by atoms with Gasteiger partial charge in [-0.2, -0.15) is 0 Å². The average molecular weight is 283 g/mol. The van der Waals surface area contributed by atoms with E-state index in [1.807, 2.05) is 11.8 Å². The fraction of sp³-hybridized carbons (Fsp3) is 0.857. The van der Waals surface area contributed by atoms with E-state index < -0.39 is 5.97 Å². The van der Waals surface area contributed by atoms with E-state index in [4.69, 9.17) is 0 Å². The minimum atomic E-state index is -0.704. The van der Waals surface area contributed by atoms with Crippen LogP contribution in [0.2, 0.25) is 0 Å². The molecule has 0 spiro atoms. The molecule has 2 saturated heterocycles. The number of nitrogens with zero attached hydrogens (tertiary/aromatic N) is 2. The number of amides is 1. The third-order valence-corrected chi connectivity index (χ3v) is 4.63. The molecule has 0 bridgehead atoms. The maximum Gasteiger partial charge on any atom is 0.320 e. The van der Waals surface area contributed by atoms with Gasteiger partial charge in [0.25, 0.3) is 0 Å². The Hall–Kier alpha value is -1.14. The first-order valence-corrected chi connectivity index (χ1v) is 7.49. The van der Waals surface area contributed by atoms with Crippen LogP contribution in [-0.4, -0.2) is 71.6 Å². The molecule has 20 heavy (non-hydrogen) atoms. The molecule has 2 N–H and O–H groups in total. The predicted octanol–water partition coefficient (Wildman–Crippen LogP) is 0.134. The second-order valence-electron chi connectivity index (χ2n) is 5.80. The molecule has 2 fully saturated rings. The maximum absolute atomic E-state index is 12.1. The summed E-state index contributed by atoms with van der Waals surface area (Å²) in [7, 11) is 1.79. The number of aliphatic carboxylic acids is 1. The van der Waals surface area contributed by atoms with Crippen molar-refractivity contribution < 1.29 is 14.7 Å². The van der Waals surface area contributed by atoms with Gasteiger partial charge in [0.15, 0.2) is 0 Å². The van der Waals surface area contributed by atoms with E-state index in [2.05, 4.69) is 10.2 Å². The summed E-state index contributed by atoms with van der Waals surface area (Å²) in [6.45, 7) is 4.22. The van der Waals surface area contributed by atoms with Crippen molar-refractivity contribution in [2.24, 2.45) is 0 Å². The van der Waals surface area contributed by atoms with E-state index in [0.29, 0.717) is 6.04 Å². The molecule has 1 amide bonds. The lowest BCUT2D eigenvalue weighted by Gasteiger charge is -2.39. The SMILES string of the molecule is CNC(C)C(=O)N1CCC(N2CCCC2C(=O)O)CC1. The van der Waals surface area contributed by atoms with Gasteiger partial charge in [-0.25, -0.2) is 0 Å². The highest BCUT2D eigenvalue weighted by molar-refractivity contribution is 5.81. The number of rotatable bonds is 4. The fourth-order valence-electron chi connectivity index (χ4n) is 3.31. The van der Waals surface area contributed by atoms with E-state index in [9.17, 15) is 14.7 Å². The molecule has 2 aliphatic heterocycles. The van der Waals surface area contributed by atoms with Crippen LogP contribution >= 0.6 is 0 Å². The lowest BCUT2D eigenvalue weighted by Crippen LogP contribution is -2.52. The van der Waals surface area contributed by atoms with Gasteiger partial charge in [0.1, 0.15) is 6.04 Å². The zero-order valence-corrected chi connectivity index (χ0v) is 12.3. The first-order chi connectivity index (χ1) is 9.54. The predicted molar refractivity (Wildman–Crippen MR) is 75.5 cm³/mol. The topological polar surface area (TPSA) is 72.9 Å². The van der Waals surface area contributed by atoms with Gasteiger partial charge in [-0.15, -0.1) is 0 Å². The molecule has 6 nitrogen and oxygen atoms in total. The Kier molecular flexibility index (Phi) is 4.99. The number of carbonyl (C=O) groups excluding carboxylic acids is 1. The summed E-state index contributed by atoms with van der Waals surface area (Å²) in [6.07, 6.45) is 3.48. The van der Waals surface area contributed by atoms with Crippen LogP contribution in [0.5, 0.6) is 0 Å². The molecule has 2 unspecified atom stereocenters. The molecule has 0 aromatic heterocycles. The summed E-state index contributed by atoms with van der Waals surface area (Å²) in [4.78, 5) is 27.3. The van der Waals surface area contributed by atoms with Crippen LogP contribution in [0.4, 0.5) is 0 Å². The molecule has 2 heterocycles. The number of likely N-dealkylation sites (tertiary alicyclic amines) is 2. The van der Waals surface area contributed by atoms with Crippen LogP contribution in [0.25, 0.3) is 0 Å². The van der Waals surface area contributed by atoms with Crippen LogP contribution in [0.15, 0.2) is 0 Å². The summed E-state index contributed by atoms with van der Waals surface area (Å²) in [5.41, 5.74) is 0. The van der Waals surface area contributed by atoms with Gasteiger partial charge in [-0.05, 0) is 46.2 Å². The molecule has 0 aromatic carbocycles. The molecule has 2 aliphatic rings. The van der Waals surface area contributed by atoms with Gasteiger partial charge >= 0.3 is 5.97 Å². The Morgan fingerprint density at radius 1 is 1.20 bits per heavy atom. The zero-order chi connectivity index (χ0) is 14.7. The van der Waals surface area contributed by atoms with Crippen molar-refractivity contribution in [1.82, 2.24) is 15.1 Å². The van der Waals surface area contributed by atoms with Gasteiger partial charge in [0, 0.05) is 19.1 Å². The number of carboxylic acids is 1. The molecule has 114 valence electrons. The Labute approximate surface area is 120 Å². The van der Waals surface area contributed by atoms with E-state index >= 15 is 0 Å². The summed E-state index contributed by atoms with van der Waals surface area (Å²) in [5, 5.41) is 12.2. The van der Waals surface area contributed by atoms with Gasteiger partial charge in [-0.1, -0.05) is 0 Å². The molecule has 0 aliphatic carbocycles. The number of hydrogen-bond acceptors (Lipinski definition) is 4. The highest BCUT2D eigenvalue weighted by atomic mass is 16.4. The highest BCUT2D eigenvalue weighted by Gasteiger charge is 2.37. The lowest BCUT2D eigenvalue weighted by atomic mass is 10.0. The number of nitrogens with one attached hydrogen (secondary N) is 1. The number of piperidine rings is 1. The maximum atomic E-state index is 12.1. The Morgan fingerprint density at radius 3 is 2.40 bits per heavy atom. The quantitative estimate of drug-likeness (QED) is 0.767. The first kappa shape index (κ1) is 15.3. The van der Waals surface area contributed by atoms with Crippen molar-refractivity contribution in [3.05, 3.63) is 0 Å². The number of carboxylic acid groups (broad SMARTS) is 1. The summed E-state index contributed by atoms with van der Waals surface area (Å²) in [5.74, 6) is -0.563. The standard InChI is InChI=1S/C14H25N3O3/c1-10(15-2)13(18)16-8-5-11(6-9-16)17-7-3-4-12(17)14(19)20/h10-12,15H,3-9H2,1-2H3,(H,19,20).